The summed E-state index contributed by atoms with van der Waals surface area (Å²) in [6.45, 7) is 4.88. The molecule has 0 aliphatic rings. The molecule has 0 amide bonds. The monoisotopic (exact) mass is 396 g/mol. The van der Waals surface area contributed by atoms with E-state index in [-0.39, 0.29) is 0 Å². The second kappa shape index (κ2) is 9.02. The third-order valence-electron chi connectivity index (χ3n) is 4.50. The summed E-state index contributed by atoms with van der Waals surface area (Å²) in [5.74, 6) is 1.56. The molecule has 2 aromatic carbocycles. The van der Waals surface area contributed by atoms with Crippen LogP contribution in [-0.2, 0) is 6.54 Å². The van der Waals surface area contributed by atoms with Crippen LogP contribution in [0.25, 0.3) is 22.2 Å². The van der Waals surface area contributed by atoms with Gasteiger partial charge in [0.1, 0.15) is 11.8 Å². The summed E-state index contributed by atoms with van der Waals surface area (Å²) in [6, 6.07) is 15.9. The summed E-state index contributed by atoms with van der Waals surface area (Å²) in [6.07, 6.45) is 0.978. The van der Waals surface area contributed by atoms with Gasteiger partial charge < -0.3 is 9.30 Å². The Kier molecular flexibility index (Phi) is 6.47. The van der Waals surface area contributed by atoms with Gasteiger partial charge in [-0.1, -0.05) is 19.1 Å². The van der Waals surface area contributed by atoms with Gasteiger partial charge >= 0.3 is 0 Å². The Bertz CT molecular complexity index is 992. The van der Waals surface area contributed by atoms with E-state index in [1.165, 1.54) is 11.9 Å². The summed E-state index contributed by atoms with van der Waals surface area (Å²) < 4.78 is 8.50. The average Bonchev–Trinajstić information content (AvgIpc) is 3.05. The molecule has 7 heteroatoms. The topological polar surface area (TPSA) is 73.4 Å². The fraction of sp³-hybridized carbons (Fsp3) is 0.286. The molecule has 0 saturated carbocycles. The molecule has 0 unspecified atom stereocenters. The van der Waals surface area contributed by atoms with Gasteiger partial charge in [-0.25, -0.2) is 0 Å². The number of ether oxygens (including phenoxy) is 1. The van der Waals surface area contributed by atoms with Gasteiger partial charge in [0, 0.05) is 17.7 Å². The van der Waals surface area contributed by atoms with Crippen LogP contribution in [0.5, 0.6) is 5.75 Å². The van der Waals surface area contributed by atoms with Crippen LogP contribution >= 0.6 is 11.9 Å². The first-order valence-corrected chi connectivity index (χ1v) is 10.2. The summed E-state index contributed by atoms with van der Waals surface area (Å²) in [4.78, 5) is 0. The van der Waals surface area contributed by atoms with Gasteiger partial charge in [0.15, 0.2) is 0 Å². The summed E-state index contributed by atoms with van der Waals surface area (Å²) in [7, 11) is 1.62. The zero-order valence-electron chi connectivity index (χ0n) is 16.3. The van der Waals surface area contributed by atoms with E-state index in [0.717, 1.165) is 56.9 Å². The van der Waals surface area contributed by atoms with Gasteiger partial charge in [0.2, 0.25) is 0 Å². The maximum absolute atomic E-state index is 9.86. The first kappa shape index (κ1) is 20.1. The van der Waals surface area contributed by atoms with Crippen LogP contribution in [0.2, 0.25) is 0 Å². The molecule has 28 heavy (non-hydrogen) atoms. The van der Waals surface area contributed by atoms with E-state index in [4.69, 9.17) is 4.74 Å². The minimum absolute atomic E-state index is 0.638. The first-order chi connectivity index (χ1) is 13.6. The van der Waals surface area contributed by atoms with Crippen molar-refractivity contribution in [2.45, 2.75) is 26.8 Å². The van der Waals surface area contributed by atoms with Crippen molar-refractivity contribution in [1.29, 1.82) is 5.26 Å². The number of fused-ring (bicyclic) bond motifs is 1. The maximum atomic E-state index is 9.86. The molecule has 0 radical (unpaired) electrons. The molecule has 1 aromatic heterocycles. The minimum Gasteiger partial charge on any atom is -0.497 e. The van der Waals surface area contributed by atoms with E-state index in [0.29, 0.717) is 5.56 Å². The molecule has 3 aromatic rings. The predicted octanol–water partition coefficient (Wildman–Crippen LogP) is 5.28. The Morgan fingerprint density at radius 2 is 1.96 bits per heavy atom. The third-order valence-corrected chi connectivity index (χ3v) is 5.43. The number of methoxy groups -OCH3 is 1. The van der Waals surface area contributed by atoms with E-state index in [1.54, 1.807) is 7.11 Å². The lowest BCUT2D eigenvalue weighted by Crippen LogP contribution is -2.18. The molecule has 146 valence electrons. The van der Waals surface area contributed by atoms with E-state index in [9.17, 15) is 10.5 Å². The number of hydrazine groups is 1. The molecule has 0 saturated heterocycles. The van der Waals surface area contributed by atoms with Crippen molar-refractivity contribution in [3.63, 3.8) is 0 Å². The highest BCUT2D eigenvalue weighted by Gasteiger charge is 2.18. The van der Waals surface area contributed by atoms with Crippen LogP contribution < -0.4 is 10.2 Å². The Morgan fingerprint density at radius 1 is 1.21 bits per heavy atom. The second-order valence-corrected chi connectivity index (χ2v) is 7.27. The van der Waals surface area contributed by atoms with Crippen molar-refractivity contribution in [2.24, 2.45) is 0 Å². The van der Waals surface area contributed by atoms with Crippen molar-refractivity contribution in [3.8, 4) is 23.1 Å². The number of nitrogens with one attached hydrogen (secondary N) is 1. The number of benzene rings is 2. The largest absolute Gasteiger partial charge is 0.497 e. The summed E-state index contributed by atoms with van der Waals surface area (Å²) in [5.41, 5.74) is 7.18. The normalized spacial score (nSPS) is 11.0. The molecule has 0 atom stereocenters. The highest BCUT2D eigenvalue weighted by Crippen LogP contribution is 2.35. The van der Waals surface area contributed by atoms with Crippen LogP contribution in [0.15, 0.2) is 42.5 Å². The highest BCUT2D eigenvalue weighted by molar-refractivity contribution is 7.96. The molecular formula is C21H24N4O2S. The lowest BCUT2D eigenvalue weighted by Gasteiger charge is -2.16. The Labute approximate surface area is 169 Å². The quantitative estimate of drug-likeness (QED) is 0.398. The fourth-order valence-corrected chi connectivity index (χ4v) is 3.75. The fourth-order valence-electron chi connectivity index (χ4n) is 3.23. The first-order valence-electron chi connectivity index (χ1n) is 9.22. The van der Waals surface area contributed by atoms with Crippen molar-refractivity contribution >= 4 is 28.5 Å². The Hall–Kier alpha value is -2.66. The number of rotatable bonds is 8. The summed E-state index contributed by atoms with van der Waals surface area (Å²) in [5, 5.41) is 20.6. The van der Waals surface area contributed by atoms with Gasteiger partial charge in [0.25, 0.3) is 0 Å². The molecule has 3 rings (SSSR count). The molecule has 6 nitrogen and oxygen atoms in total. The minimum atomic E-state index is 0.638. The van der Waals surface area contributed by atoms with Crippen LogP contribution in [-0.4, -0.2) is 27.2 Å². The van der Waals surface area contributed by atoms with Crippen molar-refractivity contribution in [3.05, 3.63) is 48.0 Å². The number of nitriles is 1. The van der Waals surface area contributed by atoms with E-state index < -0.39 is 0 Å². The molecule has 0 fully saturated rings. The zero-order valence-corrected chi connectivity index (χ0v) is 17.1. The van der Waals surface area contributed by atoms with Crippen LogP contribution in [0.4, 0.5) is 5.69 Å². The standard InChI is InChI=1S/C21H24N4O2S/c1-4-12-28-25(26)23-16-8-6-15(7-9-16)21-19(14-22)18-13-17(27-3)10-11-20(18)24(21)5-2/h6-11,13,23,26H,4-5,12H2,1-3H3. The number of hydrogen-bond donors (Lipinski definition) is 2. The van der Waals surface area contributed by atoms with Crippen molar-refractivity contribution in [1.82, 2.24) is 9.14 Å². The summed E-state index contributed by atoms with van der Waals surface area (Å²) >= 11 is 1.31. The zero-order chi connectivity index (χ0) is 20.1. The highest BCUT2D eigenvalue weighted by atomic mass is 32.2. The van der Waals surface area contributed by atoms with Crippen LogP contribution in [0.3, 0.4) is 0 Å². The number of anilines is 1. The molecule has 0 aliphatic heterocycles. The molecule has 1 heterocycles. The van der Waals surface area contributed by atoms with Gasteiger partial charge in [-0.3, -0.25) is 10.6 Å². The van der Waals surface area contributed by atoms with Crippen LogP contribution in [0, 0.1) is 11.3 Å². The molecule has 0 bridgehead atoms. The number of hydrogen-bond acceptors (Lipinski definition) is 6. The average molecular weight is 397 g/mol. The number of nitrogens with zero attached hydrogens (tertiary/aromatic N) is 3. The van der Waals surface area contributed by atoms with Gasteiger partial charge in [-0.15, -0.1) is 0 Å². The predicted molar refractivity (Wildman–Crippen MR) is 114 cm³/mol. The Balaban J connectivity index is 2.00. The second-order valence-electron chi connectivity index (χ2n) is 6.26. The molecule has 0 spiro atoms. The maximum Gasteiger partial charge on any atom is 0.119 e. The van der Waals surface area contributed by atoms with E-state index in [2.05, 4.69) is 29.9 Å². The van der Waals surface area contributed by atoms with Gasteiger partial charge in [0.05, 0.1) is 29.6 Å². The number of aryl methyl sites for hydroxylation is 1. The number of aromatic nitrogens is 1. The Morgan fingerprint density at radius 3 is 2.57 bits per heavy atom. The van der Waals surface area contributed by atoms with Crippen molar-refractivity contribution in [2.75, 3.05) is 18.3 Å². The lowest BCUT2D eigenvalue weighted by molar-refractivity contribution is 0.0439. The van der Waals surface area contributed by atoms with Gasteiger partial charge in [-0.05, 0) is 65.8 Å². The third kappa shape index (κ3) is 3.94. The smallest absolute Gasteiger partial charge is 0.119 e. The van der Waals surface area contributed by atoms with Gasteiger partial charge in [-0.2, -0.15) is 5.26 Å². The SMILES string of the molecule is CCCSN(O)Nc1ccc(-c2c(C#N)c3cc(OC)ccc3n2CC)cc1. The van der Waals surface area contributed by atoms with Crippen molar-refractivity contribution < 1.29 is 9.94 Å². The van der Waals surface area contributed by atoms with E-state index >= 15 is 0 Å². The lowest BCUT2D eigenvalue weighted by atomic mass is 10.1. The van der Waals surface area contributed by atoms with E-state index in [1.807, 2.05) is 42.5 Å². The molecule has 0 aliphatic carbocycles. The molecule has 2 N–H and O–H groups in total. The van der Waals surface area contributed by atoms with Crippen LogP contribution in [0.1, 0.15) is 25.8 Å². The molecular weight excluding hydrogens is 372 g/mol.